The van der Waals surface area contributed by atoms with Crippen molar-refractivity contribution in [3.05, 3.63) is 64.9 Å². The van der Waals surface area contributed by atoms with Crippen LogP contribution in [0, 0.1) is 0 Å². The summed E-state index contributed by atoms with van der Waals surface area (Å²) >= 11 is 1.76. The van der Waals surface area contributed by atoms with Crippen molar-refractivity contribution in [2.75, 3.05) is 57.2 Å². The van der Waals surface area contributed by atoms with Gasteiger partial charge in [-0.15, -0.1) is 11.3 Å². The van der Waals surface area contributed by atoms with Gasteiger partial charge in [-0.3, -0.25) is 14.9 Å². The Morgan fingerprint density at radius 3 is 2.72 bits per heavy atom. The third-order valence-corrected chi connectivity index (χ3v) is 9.09. The summed E-state index contributed by atoms with van der Waals surface area (Å²) in [4.78, 5) is 36.7. The molecule has 12 nitrogen and oxygen atoms in total. The zero-order chi connectivity index (χ0) is 32.0. The van der Waals surface area contributed by atoms with Crippen LogP contribution in [-0.4, -0.2) is 87.5 Å². The molecule has 5 aromatic rings. The highest BCUT2D eigenvalue weighted by Gasteiger charge is 2.21. The Morgan fingerprint density at radius 2 is 1.98 bits per heavy atom. The van der Waals surface area contributed by atoms with E-state index in [2.05, 4.69) is 50.8 Å². The topological polar surface area (TPSA) is 134 Å². The van der Waals surface area contributed by atoms with Crippen molar-refractivity contribution in [1.82, 2.24) is 34.9 Å². The maximum atomic E-state index is 11.4. The van der Waals surface area contributed by atoms with Gasteiger partial charge in [0.1, 0.15) is 11.6 Å². The number of pyridine rings is 1. The number of imidazole rings is 1. The quantitative estimate of drug-likeness (QED) is 0.101. The van der Waals surface area contributed by atoms with E-state index in [1.807, 2.05) is 37.5 Å². The first kappa shape index (κ1) is 31.5. The van der Waals surface area contributed by atoms with Crippen molar-refractivity contribution in [2.45, 2.75) is 32.9 Å². The van der Waals surface area contributed by atoms with Gasteiger partial charge in [0.25, 0.3) is 5.91 Å². The number of benzene rings is 1. The molecule has 46 heavy (non-hydrogen) atoms. The van der Waals surface area contributed by atoms with E-state index >= 15 is 0 Å². The maximum Gasteiger partial charge on any atom is 0.267 e. The van der Waals surface area contributed by atoms with Gasteiger partial charge in [0, 0.05) is 68.9 Å². The molecule has 1 aliphatic rings. The predicted octanol–water partition coefficient (Wildman–Crippen LogP) is 4.58. The average Bonchev–Trinajstić information content (AvgIpc) is 3.65. The zero-order valence-corrected chi connectivity index (χ0v) is 27.2. The number of anilines is 2. The Bertz CT molecular complexity index is 1850. The highest BCUT2D eigenvalue weighted by atomic mass is 32.1. The molecular weight excluding hydrogens is 602 g/mol. The monoisotopic (exact) mass is 641 g/mol. The largest absolute Gasteiger partial charge is 0.378 e. The molecule has 0 spiro atoms. The molecule has 1 saturated heterocycles. The van der Waals surface area contributed by atoms with E-state index in [9.17, 15) is 4.79 Å². The van der Waals surface area contributed by atoms with E-state index in [1.54, 1.807) is 22.9 Å². The van der Waals surface area contributed by atoms with Gasteiger partial charge in [-0.05, 0) is 55.4 Å². The number of nitrogens with zero attached hydrogens (tertiary/aromatic N) is 7. The third kappa shape index (κ3) is 7.02. The molecule has 0 unspecified atom stereocenters. The Balaban J connectivity index is 1.22. The number of amides is 1. The van der Waals surface area contributed by atoms with Crippen LogP contribution in [-0.2, 0) is 29.0 Å². The van der Waals surface area contributed by atoms with Crippen LogP contribution in [0.25, 0.3) is 38.7 Å². The highest BCUT2D eigenvalue weighted by Crippen LogP contribution is 2.35. The summed E-state index contributed by atoms with van der Waals surface area (Å²) in [5.41, 5.74) is 6.26. The van der Waals surface area contributed by atoms with Gasteiger partial charge in [-0.2, -0.15) is 0 Å². The molecule has 5 heterocycles. The summed E-state index contributed by atoms with van der Waals surface area (Å²) < 4.78 is 9.03. The first-order valence-electron chi connectivity index (χ1n) is 15.5. The van der Waals surface area contributed by atoms with Crippen molar-refractivity contribution in [1.29, 1.82) is 0 Å². The molecule has 1 aliphatic heterocycles. The highest BCUT2D eigenvalue weighted by molar-refractivity contribution is 7.19. The number of likely N-dealkylation sites (N-methyl/N-ethyl adjacent to an activating group) is 1. The van der Waals surface area contributed by atoms with Gasteiger partial charge in [-0.1, -0.05) is 13.0 Å². The molecule has 13 heteroatoms. The first-order valence-corrected chi connectivity index (χ1v) is 16.3. The van der Waals surface area contributed by atoms with Crippen molar-refractivity contribution in [3.8, 4) is 11.4 Å². The number of carbonyl (C=O) groups excluding carboxylic acids is 1. The fourth-order valence-electron chi connectivity index (χ4n) is 5.62. The van der Waals surface area contributed by atoms with E-state index in [0.29, 0.717) is 19.0 Å². The minimum absolute atomic E-state index is 0.569. The summed E-state index contributed by atoms with van der Waals surface area (Å²) in [6.45, 7) is 7.54. The van der Waals surface area contributed by atoms with E-state index in [1.165, 1.54) is 11.0 Å². The molecule has 1 aromatic carbocycles. The minimum Gasteiger partial charge on any atom is -0.378 e. The number of hydrogen-bond acceptors (Lipinski definition) is 11. The molecule has 240 valence electrons. The lowest BCUT2D eigenvalue weighted by atomic mass is 10.2. The van der Waals surface area contributed by atoms with Crippen LogP contribution >= 0.6 is 11.3 Å². The number of nitrogens with one attached hydrogen (secondary N) is 2. The van der Waals surface area contributed by atoms with Crippen molar-refractivity contribution >= 4 is 56.2 Å². The number of carbonyl (C=O) groups is 1. The molecule has 0 aliphatic carbocycles. The molecule has 0 bridgehead atoms. The first-order chi connectivity index (χ1) is 22.4. The Morgan fingerprint density at radius 1 is 1.13 bits per heavy atom. The number of fused-ring (bicyclic) bond motifs is 2. The summed E-state index contributed by atoms with van der Waals surface area (Å²) in [7, 11) is 4.00. The smallest absolute Gasteiger partial charge is 0.267 e. The second-order valence-corrected chi connectivity index (χ2v) is 12.4. The van der Waals surface area contributed by atoms with Gasteiger partial charge in [0.05, 0.1) is 34.5 Å². The lowest BCUT2D eigenvalue weighted by Crippen LogP contribution is -2.36. The lowest BCUT2D eigenvalue weighted by molar-refractivity contribution is -0.124. The number of hydrogen-bond donors (Lipinski definition) is 3. The molecule has 0 atom stereocenters. The number of aromatic nitrogens is 5. The Hall–Kier alpha value is -4.43. The SMILES string of the molecule is CCCc1nc2cc(/C=C/C(=O)NO)ccc2n1CCN(C)Cc1cc2nc(-c3ccc(NC)nc3)nc(N3CCOCC3)c2s1. The standard InChI is InChI=1S/C33H39N9O3S/c1-4-5-29-36-25-18-22(7-11-30(43)39-44)6-9-27(25)42(29)13-12-40(3)21-24-19-26-31(46-24)33(41-14-16-45-17-15-41)38-32(37-26)23-8-10-28(34-2)35-20-23/h6-11,18-20,44H,4-5,12-17,21H2,1-3H3,(H,34,35)(H,39,43)/b11-7+. The van der Waals surface area contributed by atoms with Gasteiger partial charge in [-0.25, -0.2) is 25.4 Å². The normalized spacial score (nSPS) is 13.8. The Labute approximate surface area is 271 Å². The second-order valence-electron chi connectivity index (χ2n) is 11.3. The van der Waals surface area contributed by atoms with Crippen LogP contribution in [0.15, 0.2) is 48.7 Å². The Kier molecular flexibility index (Phi) is 9.83. The lowest BCUT2D eigenvalue weighted by Gasteiger charge is -2.28. The van der Waals surface area contributed by atoms with Gasteiger partial charge in [0.2, 0.25) is 0 Å². The number of morpholine rings is 1. The van der Waals surface area contributed by atoms with Gasteiger partial charge < -0.3 is 19.5 Å². The second kappa shape index (κ2) is 14.3. The molecule has 1 fully saturated rings. The molecular formula is C33H39N9O3S. The van der Waals surface area contributed by atoms with Gasteiger partial charge >= 0.3 is 0 Å². The predicted molar refractivity (Wildman–Crippen MR) is 182 cm³/mol. The maximum absolute atomic E-state index is 11.4. The van der Waals surface area contributed by atoms with Crippen LogP contribution < -0.4 is 15.7 Å². The molecule has 6 rings (SSSR count). The summed E-state index contributed by atoms with van der Waals surface area (Å²) in [5, 5.41) is 11.8. The van der Waals surface area contributed by atoms with Gasteiger partial charge in [0.15, 0.2) is 11.6 Å². The molecule has 3 N–H and O–H groups in total. The number of ether oxygens (including phenoxy) is 1. The number of thiophene rings is 1. The van der Waals surface area contributed by atoms with E-state index < -0.39 is 5.91 Å². The van der Waals surface area contributed by atoms with Crippen LogP contribution in [0.1, 0.15) is 29.6 Å². The van der Waals surface area contributed by atoms with Crippen molar-refractivity contribution in [3.63, 3.8) is 0 Å². The van der Waals surface area contributed by atoms with Crippen LogP contribution in [0.3, 0.4) is 0 Å². The van der Waals surface area contributed by atoms with Crippen LogP contribution in [0.5, 0.6) is 0 Å². The fourth-order valence-corrected chi connectivity index (χ4v) is 6.82. The van der Waals surface area contributed by atoms with E-state index in [0.717, 1.165) is 95.4 Å². The van der Waals surface area contributed by atoms with Crippen molar-refractivity contribution < 1.29 is 14.7 Å². The number of aryl methyl sites for hydroxylation is 1. The number of rotatable bonds is 12. The van der Waals surface area contributed by atoms with E-state index in [-0.39, 0.29) is 0 Å². The summed E-state index contributed by atoms with van der Waals surface area (Å²) in [6, 6.07) is 12.1. The average molecular weight is 642 g/mol. The van der Waals surface area contributed by atoms with Crippen LogP contribution in [0.2, 0.25) is 0 Å². The summed E-state index contributed by atoms with van der Waals surface area (Å²) in [5.74, 6) is 2.92. The van der Waals surface area contributed by atoms with Crippen molar-refractivity contribution in [2.24, 2.45) is 0 Å². The fraction of sp³-hybridized carbons (Fsp3) is 0.364. The van der Waals surface area contributed by atoms with Crippen LogP contribution in [0.4, 0.5) is 11.6 Å². The molecule has 0 saturated carbocycles. The van der Waals surface area contributed by atoms with E-state index in [4.69, 9.17) is 24.9 Å². The summed E-state index contributed by atoms with van der Waals surface area (Å²) in [6.07, 6.45) is 6.65. The minimum atomic E-state index is -0.569. The third-order valence-electron chi connectivity index (χ3n) is 7.99. The molecule has 1 amide bonds. The zero-order valence-electron chi connectivity index (χ0n) is 26.4. The number of hydroxylamine groups is 1. The molecule has 0 radical (unpaired) electrons. The molecule has 4 aromatic heterocycles.